The van der Waals surface area contributed by atoms with Crippen LogP contribution in [0.5, 0.6) is 0 Å². The number of aliphatic hydroxyl groups excluding tert-OH is 2. The van der Waals surface area contributed by atoms with E-state index in [1.807, 2.05) is 0 Å². The topological polar surface area (TPSA) is 110 Å². The third kappa shape index (κ3) is 44.0. The molecule has 0 aromatic heterocycles. The van der Waals surface area contributed by atoms with Gasteiger partial charge in [0.15, 0.2) is 0 Å². The van der Waals surface area contributed by atoms with Crippen LogP contribution in [0, 0.1) is 5.92 Å². The van der Waals surface area contributed by atoms with E-state index in [0.29, 0.717) is 13.1 Å². The second-order valence-electron chi connectivity index (χ2n) is 14.4. The van der Waals surface area contributed by atoms with E-state index in [4.69, 9.17) is 24.5 Å². The number of hydrogen-bond acceptors (Lipinski definition) is 5. The molecule has 0 fully saturated rings. The molecule has 1 unspecified atom stereocenters. The molecule has 7 nitrogen and oxygen atoms in total. The van der Waals surface area contributed by atoms with E-state index in [2.05, 4.69) is 25.7 Å². The van der Waals surface area contributed by atoms with Crippen LogP contribution in [0.3, 0.4) is 0 Å². The Labute approximate surface area is 300 Å². The molecule has 0 spiro atoms. The molecule has 0 amide bonds. The molecule has 4 N–H and O–H groups in total. The first kappa shape index (κ1) is 50.1. The number of aliphatic hydroxyl groups is 2. The molecule has 0 bridgehead atoms. The van der Waals surface area contributed by atoms with Crippen LogP contribution in [0.2, 0.25) is 0 Å². The first-order chi connectivity index (χ1) is 23.3. The van der Waals surface area contributed by atoms with Crippen LogP contribution in [-0.2, 0) is 9.09 Å². The van der Waals surface area contributed by atoms with E-state index in [-0.39, 0.29) is 25.7 Å². The van der Waals surface area contributed by atoms with Gasteiger partial charge in [0, 0.05) is 13.1 Å². The normalized spacial score (nSPS) is 12.4. The Hall–Kier alpha value is -0.0100. The zero-order chi connectivity index (χ0) is 35.8. The fourth-order valence-electron chi connectivity index (χ4n) is 6.44. The summed E-state index contributed by atoms with van der Waals surface area (Å²) in [6, 6.07) is 0. The predicted octanol–water partition coefficient (Wildman–Crippen LogP) is 11.7. The summed E-state index contributed by atoms with van der Waals surface area (Å²) in [7, 11) is -4.35. The highest BCUT2D eigenvalue weighted by Crippen LogP contribution is 2.37. The highest BCUT2D eigenvalue weighted by Gasteiger charge is 2.18. The molecular formula is C40H86NO6P. The molecule has 8 heteroatoms. The molecule has 0 rings (SSSR count). The van der Waals surface area contributed by atoms with Gasteiger partial charge in [-0.05, 0) is 31.7 Å². The van der Waals surface area contributed by atoms with Crippen molar-refractivity contribution in [3.8, 4) is 0 Å². The van der Waals surface area contributed by atoms with Crippen molar-refractivity contribution in [2.24, 2.45) is 5.92 Å². The Morgan fingerprint density at radius 1 is 0.458 bits per heavy atom. The second-order valence-corrected chi connectivity index (χ2v) is 15.6. The highest BCUT2D eigenvalue weighted by molar-refractivity contribution is 7.46. The predicted molar refractivity (Wildman–Crippen MR) is 208 cm³/mol. The smallest absolute Gasteiger partial charge is 0.395 e. The van der Waals surface area contributed by atoms with Crippen LogP contribution in [-0.4, -0.2) is 64.4 Å². The summed E-state index contributed by atoms with van der Waals surface area (Å²) in [6.45, 7) is 9.75. The fraction of sp³-hybridized carbons (Fsp3) is 1.00. The lowest BCUT2D eigenvalue weighted by atomic mass is 9.94. The van der Waals surface area contributed by atoms with Gasteiger partial charge in [0.2, 0.25) is 0 Å². The summed E-state index contributed by atoms with van der Waals surface area (Å²) in [5.74, 6) is 0.289. The zero-order valence-electron chi connectivity index (χ0n) is 32.5. The maximum absolute atomic E-state index is 11.1. The van der Waals surface area contributed by atoms with Gasteiger partial charge in [0.25, 0.3) is 0 Å². The number of nitrogens with zero attached hydrogens (tertiary/aromatic N) is 1. The second kappa shape index (κ2) is 41.4. The first-order valence-corrected chi connectivity index (χ1v) is 22.5. The first-order valence-electron chi connectivity index (χ1n) is 21.0. The van der Waals surface area contributed by atoms with Crippen LogP contribution in [0.4, 0.5) is 0 Å². The Morgan fingerprint density at radius 3 is 1.04 bits per heavy atom. The van der Waals surface area contributed by atoms with E-state index in [9.17, 15) is 4.57 Å². The SMILES string of the molecule is CCCCCCCCCCCCC(CCCCCCCCCC)COP(=O)(O)O.CCCCCCCCCCCCN(CCO)CCO. The van der Waals surface area contributed by atoms with E-state index in [1.165, 1.54) is 167 Å². The maximum atomic E-state index is 11.1. The molecule has 0 heterocycles. The van der Waals surface area contributed by atoms with Gasteiger partial charge in [-0.1, -0.05) is 194 Å². The molecule has 0 aliphatic rings. The zero-order valence-corrected chi connectivity index (χ0v) is 33.4. The van der Waals surface area contributed by atoms with Crippen LogP contribution in [0.1, 0.15) is 213 Å². The number of hydrogen-bond donors (Lipinski definition) is 4. The summed E-state index contributed by atoms with van der Waals surface area (Å²) in [4.78, 5) is 20.2. The Bertz CT molecular complexity index is 629. The van der Waals surface area contributed by atoms with Gasteiger partial charge in [-0.3, -0.25) is 9.42 Å². The van der Waals surface area contributed by atoms with Crippen LogP contribution in [0.15, 0.2) is 0 Å². The molecule has 0 saturated carbocycles. The van der Waals surface area contributed by atoms with Gasteiger partial charge in [0.1, 0.15) is 0 Å². The van der Waals surface area contributed by atoms with Crippen molar-refractivity contribution in [2.45, 2.75) is 213 Å². The molecule has 1 atom stereocenters. The van der Waals surface area contributed by atoms with E-state index in [1.54, 1.807) is 0 Å². The minimum Gasteiger partial charge on any atom is -0.395 e. The highest BCUT2D eigenvalue weighted by atomic mass is 31.2. The Kier molecular flexibility index (Phi) is 43.2. The molecule has 0 aromatic carbocycles. The lowest BCUT2D eigenvalue weighted by molar-refractivity contribution is 0.157. The molecule has 48 heavy (non-hydrogen) atoms. The molecule has 0 aromatic rings. The van der Waals surface area contributed by atoms with Gasteiger partial charge in [-0.15, -0.1) is 0 Å². The number of rotatable bonds is 38. The molecule has 0 radical (unpaired) electrons. The molecule has 0 aliphatic carbocycles. The summed E-state index contributed by atoms with van der Waals surface area (Å²) in [5, 5.41) is 17.8. The van der Waals surface area contributed by atoms with Gasteiger partial charge in [-0.2, -0.15) is 0 Å². The minimum absolute atomic E-state index is 0.192. The Morgan fingerprint density at radius 2 is 0.750 bits per heavy atom. The van der Waals surface area contributed by atoms with Crippen molar-refractivity contribution < 1.29 is 29.1 Å². The fourth-order valence-corrected chi connectivity index (χ4v) is 6.85. The van der Waals surface area contributed by atoms with Gasteiger partial charge >= 0.3 is 7.82 Å². The lowest BCUT2D eigenvalue weighted by Gasteiger charge is -2.19. The van der Waals surface area contributed by atoms with Gasteiger partial charge < -0.3 is 20.0 Å². The summed E-state index contributed by atoms with van der Waals surface area (Å²) < 4.78 is 15.9. The average molecular weight is 708 g/mol. The van der Waals surface area contributed by atoms with E-state index in [0.717, 1.165) is 32.2 Å². The van der Waals surface area contributed by atoms with Crippen molar-refractivity contribution in [2.75, 3.05) is 39.5 Å². The third-order valence-corrected chi connectivity index (χ3v) is 10.1. The average Bonchev–Trinajstić information content (AvgIpc) is 3.06. The standard InChI is InChI=1S/C24H51O4P.C16H35NO2/c1-3-5-7-9-11-13-14-16-18-20-22-24(23-28-29(25,26)27)21-19-17-15-12-10-8-6-4-2;1-2-3-4-5-6-7-8-9-10-11-12-17(13-15-18)14-16-19/h24H,3-23H2,1-2H3,(H2,25,26,27);18-19H,2-16H2,1H3. The quantitative estimate of drug-likeness (QED) is 0.0373. The van der Waals surface area contributed by atoms with Crippen molar-refractivity contribution in [1.82, 2.24) is 4.90 Å². The maximum Gasteiger partial charge on any atom is 0.469 e. The van der Waals surface area contributed by atoms with Gasteiger partial charge in [-0.25, -0.2) is 4.57 Å². The number of unbranched alkanes of at least 4 members (excludes halogenated alkanes) is 25. The van der Waals surface area contributed by atoms with Crippen LogP contribution in [0.25, 0.3) is 0 Å². The van der Waals surface area contributed by atoms with Crippen molar-refractivity contribution in [3.63, 3.8) is 0 Å². The summed E-state index contributed by atoms with van der Waals surface area (Å²) >= 11 is 0. The van der Waals surface area contributed by atoms with Crippen LogP contribution >= 0.6 is 7.82 Å². The summed E-state index contributed by atoms with van der Waals surface area (Å²) in [5.41, 5.74) is 0. The minimum atomic E-state index is -4.35. The van der Waals surface area contributed by atoms with Crippen molar-refractivity contribution in [1.29, 1.82) is 0 Å². The Balaban J connectivity index is 0. The number of phosphoric ester groups is 1. The summed E-state index contributed by atoms with van der Waals surface area (Å²) in [6.07, 6.45) is 39.1. The van der Waals surface area contributed by atoms with E-state index >= 15 is 0 Å². The van der Waals surface area contributed by atoms with Crippen LogP contribution < -0.4 is 0 Å². The molecule has 292 valence electrons. The molecule has 0 saturated heterocycles. The third-order valence-electron chi connectivity index (χ3n) is 9.57. The van der Waals surface area contributed by atoms with E-state index < -0.39 is 7.82 Å². The number of phosphoric acid groups is 1. The largest absolute Gasteiger partial charge is 0.469 e. The molecule has 0 aliphatic heterocycles. The van der Waals surface area contributed by atoms with Crippen molar-refractivity contribution in [3.05, 3.63) is 0 Å². The lowest BCUT2D eigenvalue weighted by Crippen LogP contribution is -2.30. The monoisotopic (exact) mass is 708 g/mol. The van der Waals surface area contributed by atoms with Gasteiger partial charge in [0.05, 0.1) is 19.8 Å². The molecular weight excluding hydrogens is 621 g/mol. The van der Waals surface area contributed by atoms with Crippen molar-refractivity contribution >= 4 is 7.82 Å².